The molecule has 1 atom stereocenters. The number of rotatable bonds is 11. The molecule has 0 spiro atoms. The molecular formula is C28H40F3N3. The summed E-state index contributed by atoms with van der Waals surface area (Å²) in [4.78, 5) is 1.81. The molecule has 0 aromatic heterocycles. The van der Waals surface area contributed by atoms with Gasteiger partial charge in [0.1, 0.15) is 0 Å². The van der Waals surface area contributed by atoms with Crippen LogP contribution in [0.15, 0.2) is 96.2 Å². The molecule has 1 aliphatic rings. The lowest BCUT2D eigenvalue weighted by atomic mass is 10.1. The minimum absolute atomic E-state index is 0.332. The lowest BCUT2D eigenvalue weighted by Gasteiger charge is -2.22. The maximum absolute atomic E-state index is 13.3. The largest absolute Gasteiger partial charge is 0.416 e. The van der Waals surface area contributed by atoms with Gasteiger partial charge in [-0.1, -0.05) is 70.4 Å². The molecule has 0 radical (unpaired) electrons. The van der Waals surface area contributed by atoms with Gasteiger partial charge in [-0.25, -0.2) is 0 Å². The fourth-order valence-electron chi connectivity index (χ4n) is 3.43. The molecule has 3 nitrogen and oxygen atoms in total. The molecule has 0 amide bonds. The summed E-state index contributed by atoms with van der Waals surface area (Å²) in [5, 5.41) is 6.80. The Morgan fingerprint density at radius 1 is 1.29 bits per heavy atom. The van der Waals surface area contributed by atoms with E-state index in [0.29, 0.717) is 13.0 Å². The lowest BCUT2D eigenvalue weighted by molar-refractivity contribution is -0.0886. The highest BCUT2D eigenvalue weighted by Crippen LogP contribution is 2.28. The van der Waals surface area contributed by atoms with E-state index in [1.807, 2.05) is 20.0 Å². The summed E-state index contributed by atoms with van der Waals surface area (Å²) in [5.74, 6) is -0.332. The molecule has 1 rings (SSSR count). The molecule has 1 heterocycles. The van der Waals surface area contributed by atoms with Crippen LogP contribution in [0.2, 0.25) is 0 Å². The molecule has 34 heavy (non-hydrogen) atoms. The Morgan fingerprint density at radius 3 is 2.65 bits per heavy atom. The van der Waals surface area contributed by atoms with Crippen molar-refractivity contribution in [2.24, 2.45) is 5.92 Å². The Morgan fingerprint density at radius 2 is 2.03 bits per heavy atom. The molecular weight excluding hydrogens is 435 g/mol. The second-order valence-corrected chi connectivity index (χ2v) is 8.38. The van der Waals surface area contributed by atoms with Gasteiger partial charge >= 0.3 is 6.18 Å². The first kappa shape index (κ1) is 29.3. The maximum Gasteiger partial charge on any atom is 0.416 e. The van der Waals surface area contributed by atoms with Crippen LogP contribution < -0.4 is 10.6 Å². The summed E-state index contributed by atoms with van der Waals surface area (Å²) in [7, 11) is 0. The van der Waals surface area contributed by atoms with Crippen LogP contribution >= 0.6 is 0 Å². The zero-order chi connectivity index (χ0) is 25.6. The van der Waals surface area contributed by atoms with Gasteiger partial charge in [-0.3, -0.25) is 0 Å². The molecule has 2 N–H and O–H groups in total. The third-order valence-corrected chi connectivity index (χ3v) is 4.97. The molecule has 6 heteroatoms. The normalized spacial score (nSPS) is 19.2. The summed E-state index contributed by atoms with van der Waals surface area (Å²) in [6.45, 7) is 17.6. The fraction of sp³-hybridized carbons (Fsp3) is 0.429. The van der Waals surface area contributed by atoms with Gasteiger partial charge in [-0.15, -0.1) is 0 Å². The third-order valence-electron chi connectivity index (χ3n) is 4.97. The molecule has 0 fully saturated rings. The number of alkyl halides is 3. The molecule has 188 valence electrons. The molecule has 0 saturated heterocycles. The van der Waals surface area contributed by atoms with E-state index in [0.717, 1.165) is 54.5 Å². The summed E-state index contributed by atoms with van der Waals surface area (Å²) >= 11 is 0. The van der Waals surface area contributed by atoms with Crippen molar-refractivity contribution in [3.63, 3.8) is 0 Å². The summed E-state index contributed by atoms with van der Waals surface area (Å²) in [5.41, 5.74) is 3.25. The highest BCUT2D eigenvalue weighted by molar-refractivity contribution is 5.44. The number of hydrogen-bond acceptors (Lipinski definition) is 3. The molecule has 1 aliphatic heterocycles. The summed E-state index contributed by atoms with van der Waals surface area (Å²) in [6.07, 6.45) is 13.8. The van der Waals surface area contributed by atoms with Crippen molar-refractivity contribution in [1.29, 1.82) is 0 Å². The minimum atomic E-state index is -4.37. The van der Waals surface area contributed by atoms with Crippen LogP contribution in [-0.2, 0) is 0 Å². The van der Waals surface area contributed by atoms with Crippen LogP contribution in [0.25, 0.3) is 0 Å². The van der Waals surface area contributed by atoms with Crippen molar-refractivity contribution < 1.29 is 13.2 Å². The lowest BCUT2D eigenvalue weighted by Crippen LogP contribution is -2.22. The van der Waals surface area contributed by atoms with Gasteiger partial charge < -0.3 is 15.5 Å². The smallest absolute Gasteiger partial charge is 0.358 e. The number of allylic oxidation sites excluding steroid dienone is 6. The van der Waals surface area contributed by atoms with Gasteiger partial charge in [-0.05, 0) is 62.1 Å². The van der Waals surface area contributed by atoms with Crippen LogP contribution in [0.5, 0.6) is 0 Å². The second-order valence-electron chi connectivity index (χ2n) is 8.38. The monoisotopic (exact) mass is 475 g/mol. The van der Waals surface area contributed by atoms with Gasteiger partial charge in [0.25, 0.3) is 0 Å². The molecule has 0 saturated carbocycles. The van der Waals surface area contributed by atoms with Gasteiger partial charge in [0.15, 0.2) is 0 Å². The standard InChI is InChI=1S/C28H40F3N3/c1-7-10-15-26(28(29,30)31)18-23(5)20-34(9-3)21-24(6)33-27(13-8-2)25-14-11-12-16-32-19-22(4)17-25/h9-11,13-15,17-18,21,23,32-33H,3-4,7-8,12,16,19-20H2,1-2,5-6H3/b14-11?,15-10-,24-21+,25-17+,26-18+,27-13-. The van der Waals surface area contributed by atoms with Crippen molar-refractivity contribution in [1.82, 2.24) is 15.5 Å². The predicted octanol–water partition coefficient (Wildman–Crippen LogP) is 7.30. The Labute approximate surface area is 203 Å². The summed E-state index contributed by atoms with van der Waals surface area (Å²) in [6, 6.07) is 0. The van der Waals surface area contributed by atoms with E-state index in [-0.39, 0.29) is 5.92 Å². The van der Waals surface area contributed by atoms with Gasteiger partial charge in [0.2, 0.25) is 0 Å². The van der Waals surface area contributed by atoms with Crippen LogP contribution in [-0.4, -0.2) is 30.7 Å². The Kier molecular flexibility index (Phi) is 13.1. The van der Waals surface area contributed by atoms with Gasteiger partial charge in [0, 0.05) is 30.7 Å². The number of halogens is 3. The van der Waals surface area contributed by atoms with Crippen LogP contribution in [0.1, 0.15) is 47.0 Å². The highest BCUT2D eigenvalue weighted by Gasteiger charge is 2.31. The van der Waals surface area contributed by atoms with E-state index in [4.69, 9.17) is 0 Å². The Balaban J connectivity index is 3.04. The average molecular weight is 476 g/mol. The van der Waals surface area contributed by atoms with Crippen LogP contribution in [0, 0.1) is 5.92 Å². The van der Waals surface area contributed by atoms with E-state index in [2.05, 4.69) is 55.0 Å². The average Bonchev–Trinajstić information content (AvgIpc) is 2.86. The molecule has 1 unspecified atom stereocenters. The SMILES string of the molecule is C=CN(/C=C(\C)NC(=C\CC)/C1=C/C(=C)CNCCC=C1)CC(C)/C=C(\C=C/CC)C(F)(F)F. The molecule has 0 aromatic rings. The number of hydrogen-bond donors (Lipinski definition) is 2. The Bertz CT molecular complexity index is 855. The maximum atomic E-state index is 13.3. The quantitative estimate of drug-likeness (QED) is 0.307. The number of nitrogens with one attached hydrogen (secondary N) is 2. The van der Waals surface area contributed by atoms with Crippen LogP contribution in [0.3, 0.4) is 0 Å². The van der Waals surface area contributed by atoms with Crippen molar-refractivity contribution in [3.05, 3.63) is 96.2 Å². The van der Waals surface area contributed by atoms with Crippen molar-refractivity contribution in [2.75, 3.05) is 19.6 Å². The first-order valence-electron chi connectivity index (χ1n) is 11.9. The minimum Gasteiger partial charge on any atom is -0.358 e. The van der Waals surface area contributed by atoms with E-state index in [1.165, 1.54) is 12.2 Å². The zero-order valence-electron chi connectivity index (χ0n) is 21.0. The van der Waals surface area contributed by atoms with Gasteiger partial charge in [0.05, 0.1) is 5.57 Å². The van der Waals surface area contributed by atoms with E-state index in [9.17, 15) is 13.2 Å². The first-order valence-corrected chi connectivity index (χ1v) is 11.9. The zero-order valence-corrected chi connectivity index (χ0v) is 21.0. The van der Waals surface area contributed by atoms with Crippen LogP contribution in [0.4, 0.5) is 13.2 Å². The second kappa shape index (κ2) is 15.2. The van der Waals surface area contributed by atoms with Crippen molar-refractivity contribution >= 4 is 0 Å². The van der Waals surface area contributed by atoms with Gasteiger partial charge in [-0.2, -0.15) is 13.2 Å². The van der Waals surface area contributed by atoms with E-state index >= 15 is 0 Å². The Hall–Kier alpha value is -2.73. The fourth-order valence-corrected chi connectivity index (χ4v) is 3.43. The van der Waals surface area contributed by atoms with Crippen molar-refractivity contribution in [2.45, 2.75) is 53.1 Å². The molecule has 0 aliphatic carbocycles. The van der Waals surface area contributed by atoms with E-state index in [1.54, 1.807) is 18.0 Å². The topological polar surface area (TPSA) is 27.3 Å². The summed E-state index contributed by atoms with van der Waals surface area (Å²) < 4.78 is 40.0. The highest BCUT2D eigenvalue weighted by atomic mass is 19.4. The van der Waals surface area contributed by atoms with Crippen molar-refractivity contribution in [3.8, 4) is 0 Å². The molecule has 0 bridgehead atoms. The first-order chi connectivity index (χ1) is 16.1. The predicted molar refractivity (Wildman–Crippen MR) is 139 cm³/mol. The molecule has 0 aromatic carbocycles. The third kappa shape index (κ3) is 11.4. The number of nitrogens with zero attached hydrogens (tertiary/aromatic N) is 1. The van der Waals surface area contributed by atoms with E-state index < -0.39 is 11.7 Å².